The highest BCUT2D eigenvalue weighted by Crippen LogP contribution is 2.31. The van der Waals surface area contributed by atoms with Crippen LogP contribution in [0.25, 0.3) is 10.2 Å². The summed E-state index contributed by atoms with van der Waals surface area (Å²) in [7, 11) is 4.07. The van der Waals surface area contributed by atoms with Crippen molar-refractivity contribution < 1.29 is 4.79 Å². The summed E-state index contributed by atoms with van der Waals surface area (Å²) < 4.78 is 1.11. The number of nitrogens with zero attached hydrogens (tertiary/aromatic N) is 3. The number of aryl methyl sites for hydroxylation is 1. The van der Waals surface area contributed by atoms with E-state index in [0.717, 1.165) is 34.7 Å². The predicted molar refractivity (Wildman–Crippen MR) is 115 cm³/mol. The van der Waals surface area contributed by atoms with Gasteiger partial charge in [0, 0.05) is 17.1 Å². The van der Waals surface area contributed by atoms with Gasteiger partial charge in [0.25, 0.3) is 5.91 Å². The van der Waals surface area contributed by atoms with Gasteiger partial charge in [-0.05, 0) is 69.4 Å². The Morgan fingerprint density at radius 1 is 1.15 bits per heavy atom. The lowest BCUT2D eigenvalue weighted by Crippen LogP contribution is -2.33. The lowest BCUT2D eigenvalue weighted by molar-refractivity contribution is 0.0986. The second kappa shape index (κ2) is 8.83. The third kappa shape index (κ3) is 4.86. The second-order valence-corrected chi connectivity index (χ2v) is 8.22. The van der Waals surface area contributed by atoms with Gasteiger partial charge in [0.05, 0.1) is 10.2 Å². The zero-order valence-corrected chi connectivity index (χ0v) is 17.5. The minimum absolute atomic E-state index is 0.0639. The van der Waals surface area contributed by atoms with Gasteiger partial charge in [-0.2, -0.15) is 0 Å². The Labute approximate surface area is 169 Å². The molecule has 1 aromatic heterocycles. The molecular formula is C21H24ClN3OS. The van der Waals surface area contributed by atoms with Crippen LogP contribution in [-0.2, 0) is 6.42 Å². The zero-order chi connectivity index (χ0) is 19.4. The molecule has 27 heavy (non-hydrogen) atoms. The van der Waals surface area contributed by atoms with Crippen molar-refractivity contribution in [2.45, 2.75) is 19.8 Å². The zero-order valence-electron chi connectivity index (χ0n) is 15.9. The van der Waals surface area contributed by atoms with E-state index in [0.29, 0.717) is 17.1 Å². The Morgan fingerprint density at radius 3 is 2.67 bits per heavy atom. The largest absolute Gasteiger partial charge is 0.309 e. The maximum Gasteiger partial charge on any atom is 0.260 e. The predicted octanol–water partition coefficient (Wildman–Crippen LogP) is 5.11. The van der Waals surface area contributed by atoms with Gasteiger partial charge in [-0.15, -0.1) is 0 Å². The van der Waals surface area contributed by atoms with Gasteiger partial charge in [-0.25, -0.2) is 4.98 Å². The van der Waals surface area contributed by atoms with E-state index in [1.165, 1.54) is 5.56 Å². The molecule has 142 valence electrons. The first-order valence-corrected chi connectivity index (χ1v) is 10.3. The quantitative estimate of drug-likeness (QED) is 0.551. The monoisotopic (exact) mass is 401 g/mol. The topological polar surface area (TPSA) is 36.4 Å². The minimum atomic E-state index is -0.0639. The Balaban J connectivity index is 1.94. The molecule has 0 radical (unpaired) electrons. The number of carbonyl (C=O) groups is 1. The maximum absolute atomic E-state index is 13.2. The highest BCUT2D eigenvalue weighted by atomic mass is 35.5. The van der Waals surface area contributed by atoms with E-state index in [4.69, 9.17) is 16.6 Å². The molecular weight excluding hydrogens is 378 g/mol. The molecule has 1 amide bonds. The van der Waals surface area contributed by atoms with Crippen molar-refractivity contribution in [3.63, 3.8) is 0 Å². The summed E-state index contributed by atoms with van der Waals surface area (Å²) in [6, 6.07) is 13.4. The standard InChI is InChI=1S/C21H24ClN3OS/c1-4-15-9-10-18-19(13-15)27-21(23-18)25(12-6-11-24(2)3)20(26)16-7-5-8-17(22)14-16/h5,7-10,13-14H,4,6,11-12H2,1-3H3. The number of aromatic nitrogens is 1. The van der Waals surface area contributed by atoms with Crippen molar-refractivity contribution in [3.05, 3.63) is 58.6 Å². The third-order valence-electron chi connectivity index (χ3n) is 4.38. The first-order chi connectivity index (χ1) is 13.0. The molecule has 0 aliphatic carbocycles. The van der Waals surface area contributed by atoms with Crippen molar-refractivity contribution in [1.29, 1.82) is 0 Å². The number of thiazole rings is 1. The van der Waals surface area contributed by atoms with E-state index < -0.39 is 0 Å². The van der Waals surface area contributed by atoms with Crippen LogP contribution in [0.3, 0.4) is 0 Å². The molecule has 0 N–H and O–H groups in total. The summed E-state index contributed by atoms with van der Waals surface area (Å²) in [5.41, 5.74) is 2.79. The normalized spacial score (nSPS) is 11.3. The molecule has 4 nitrogen and oxygen atoms in total. The van der Waals surface area contributed by atoms with Crippen molar-refractivity contribution in [3.8, 4) is 0 Å². The van der Waals surface area contributed by atoms with Crippen LogP contribution >= 0.6 is 22.9 Å². The maximum atomic E-state index is 13.2. The molecule has 0 fully saturated rings. The number of carbonyl (C=O) groups excluding carboxylic acids is 1. The molecule has 0 spiro atoms. The molecule has 0 saturated heterocycles. The average molecular weight is 402 g/mol. The van der Waals surface area contributed by atoms with Gasteiger partial charge in [0.2, 0.25) is 0 Å². The number of hydrogen-bond donors (Lipinski definition) is 0. The SMILES string of the molecule is CCc1ccc2nc(N(CCCN(C)C)C(=O)c3cccc(Cl)c3)sc2c1. The van der Waals surface area contributed by atoms with Crippen molar-refractivity contribution >= 4 is 44.2 Å². The highest BCUT2D eigenvalue weighted by Gasteiger charge is 2.21. The van der Waals surface area contributed by atoms with Crippen LogP contribution in [0, 0.1) is 0 Å². The summed E-state index contributed by atoms with van der Waals surface area (Å²) in [6.07, 6.45) is 1.85. The first-order valence-electron chi connectivity index (χ1n) is 9.09. The Kier molecular flexibility index (Phi) is 6.47. The number of fused-ring (bicyclic) bond motifs is 1. The summed E-state index contributed by atoms with van der Waals surface area (Å²) in [6.45, 7) is 3.66. The Morgan fingerprint density at radius 2 is 1.96 bits per heavy atom. The van der Waals surface area contributed by atoms with Gasteiger partial charge in [0.15, 0.2) is 5.13 Å². The van der Waals surface area contributed by atoms with Crippen LogP contribution in [0.2, 0.25) is 5.02 Å². The van der Waals surface area contributed by atoms with Crippen LogP contribution < -0.4 is 4.90 Å². The van der Waals surface area contributed by atoms with Gasteiger partial charge < -0.3 is 4.90 Å². The minimum Gasteiger partial charge on any atom is -0.309 e. The molecule has 3 aromatic rings. The van der Waals surface area contributed by atoms with E-state index in [1.54, 1.807) is 40.5 Å². The van der Waals surface area contributed by atoms with Gasteiger partial charge in [-0.3, -0.25) is 9.69 Å². The fourth-order valence-electron chi connectivity index (χ4n) is 2.90. The van der Waals surface area contributed by atoms with Crippen LogP contribution in [-0.4, -0.2) is 43.0 Å². The van der Waals surface area contributed by atoms with Crippen LogP contribution in [0.15, 0.2) is 42.5 Å². The fraction of sp³-hybridized carbons (Fsp3) is 0.333. The molecule has 3 rings (SSSR count). The van der Waals surface area contributed by atoms with Crippen molar-refractivity contribution in [2.75, 3.05) is 32.1 Å². The van der Waals surface area contributed by atoms with Crippen molar-refractivity contribution in [2.24, 2.45) is 0 Å². The number of halogens is 1. The summed E-state index contributed by atoms with van der Waals surface area (Å²) >= 11 is 7.66. The number of rotatable bonds is 7. The molecule has 0 aliphatic rings. The third-order valence-corrected chi connectivity index (χ3v) is 5.66. The fourth-order valence-corrected chi connectivity index (χ4v) is 4.14. The molecule has 0 aliphatic heterocycles. The van der Waals surface area contributed by atoms with Gasteiger partial charge >= 0.3 is 0 Å². The molecule has 0 bridgehead atoms. The molecule has 0 atom stereocenters. The van der Waals surface area contributed by atoms with Crippen LogP contribution in [0.5, 0.6) is 0 Å². The van der Waals surface area contributed by atoms with Crippen molar-refractivity contribution in [1.82, 2.24) is 9.88 Å². The number of amides is 1. The lowest BCUT2D eigenvalue weighted by Gasteiger charge is -2.21. The molecule has 2 aromatic carbocycles. The molecule has 0 unspecified atom stereocenters. The average Bonchev–Trinajstić information content (AvgIpc) is 3.07. The van der Waals surface area contributed by atoms with Gasteiger partial charge in [-0.1, -0.05) is 42.0 Å². The smallest absolute Gasteiger partial charge is 0.260 e. The summed E-state index contributed by atoms with van der Waals surface area (Å²) in [5.74, 6) is -0.0639. The summed E-state index contributed by atoms with van der Waals surface area (Å²) in [4.78, 5) is 21.8. The van der Waals surface area contributed by atoms with E-state index in [2.05, 4.69) is 24.0 Å². The highest BCUT2D eigenvalue weighted by molar-refractivity contribution is 7.22. The second-order valence-electron chi connectivity index (χ2n) is 6.78. The number of anilines is 1. The molecule has 0 saturated carbocycles. The first kappa shape index (κ1) is 19.8. The van der Waals surface area contributed by atoms with Gasteiger partial charge in [0.1, 0.15) is 0 Å². The lowest BCUT2D eigenvalue weighted by atomic mass is 10.2. The van der Waals surface area contributed by atoms with E-state index in [-0.39, 0.29) is 5.91 Å². The summed E-state index contributed by atoms with van der Waals surface area (Å²) in [5, 5.41) is 1.30. The molecule has 6 heteroatoms. The number of hydrogen-bond acceptors (Lipinski definition) is 4. The van der Waals surface area contributed by atoms with E-state index in [9.17, 15) is 4.79 Å². The van der Waals surface area contributed by atoms with Crippen LogP contribution in [0.4, 0.5) is 5.13 Å². The van der Waals surface area contributed by atoms with E-state index >= 15 is 0 Å². The van der Waals surface area contributed by atoms with Crippen LogP contribution in [0.1, 0.15) is 29.3 Å². The Hall–Kier alpha value is -1.95. The Bertz CT molecular complexity index is 938. The number of benzene rings is 2. The van der Waals surface area contributed by atoms with E-state index in [1.807, 2.05) is 20.2 Å². The molecule has 1 heterocycles.